The van der Waals surface area contributed by atoms with Crippen LogP contribution in [0.25, 0.3) is 0 Å². The maximum atomic E-state index is 10.3. The molecule has 0 aliphatic carbocycles. The Balaban J connectivity index is 3.39. The Bertz CT molecular complexity index is 151. The second-order valence-corrected chi connectivity index (χ2v) is 2.82. The Morgan fingerprint density at radius 1 is 1.17 bits per heavy atom. The summed E-state index contributed by atoms with van der Waals surface area (Å²) in [5.41, 5.74) is 0. The molecule has 0 aliphatic rings. The number of halogens is 1. The summed E-state index contributed by atoms with van der Waals surface area (Å²) in [6.07, 6.45) is 0. The number of hydrogen-bond acceptors (Lipinski definition) is 4. The molecule has 0 fully saturated rings. The van der Waals surface area contributed by atoms with E-state index in [1.807, 2.05) is 0 Å². The Labute approximate surface area is 75.8 Å². The molecule has 0 unspecified atom stereocenters. The van der Waals surface area contributed by atoms with Crippen LogP contribution in [0.2, 0.25) is 0 Å². The molecule has 0 spiro atoms. The number of carbonyl (C=O) groups is 2. The van der Waals surface area contributed by atoms with Crippen LogP contribution in [0.15, 0.2) is 0 Å². The highest BCUT2D eigenvalue weighted by Crippen LogP contribution is 1.98. The molecule has 0 N–H and O–H groups in total. The third-order valence-corrected chi connectivity index (χ3v) is 1.19. The van der Waals surface area contributed by atoms with Crippen molar-refractivity contribution in [1.29, 1.82) is 0 Å². The lowest BCUT2D eigenvalue weighted by molar-refractivity contribution is -0.143. The molecule has 0 bridgehead atoms. The zero-order chi connectivity index (χ0) is 9.56. The van der Waals surface area contributed by atoms with Crippen molar-refractivity contribution < 1.29 is 19.1 Å². The molecule has 0 radical (unpaired) electrons. The van der Waals surface area contributed by atoms with Gasteiger partial charge in [-0.1, -0.05) is 0 Å². The molecule has 0 aromatic rings. The first-order chi connectivity index (χ1) is 5.52. The van der Waals surface area contributed by atoms with Gasteiger partial charge in [0.25, 0.3) is 0 Å². The molecule has 0 aliphatic heterocycles. The van der Waals surface area contributed by atoms with Crippen LogP contribution in [0.3, 0.4) is 0 Å². The van der Waals surface area contributed by atoms with Gasteiger partial charge < -0.3 is 9.47 Å². The minimum Gasteiger partial charge on any atom is -0.464 e. The average molecular weight is 195 g/mol. The molecule has 0 heterocycles. The maximum Gasteiger partial charge on any atom is 0.302 e. The number of carbonyl (C=O) groups excluding carboxylic acids is 2. The van der Waals surface area contributed by atoms with E-state index >= 15 is 0 Å². The summed E-state index contributed by atoms with van der Waals surface area (Å²) in [7, 11) is 0. The SMILES string of the molecule is CC(=O)OCC(Cl)COC(C)=O. The lowest BCUT2D eigenvalue weighted by atomic mass is 10.5. The van der Waals surface area contributed by atoms with Crippen molar-refractivity contribution in [3.63, 3.8) is 0 Å². The van der Waals surface area contributed by atoms with Crippen molar-refractivity contribution in [2.45, 2.75) is 19.2 Å². The minimum atomic E-state index is -0.474. The monoisotopic (exact) mass is 194 g/mol. The van der Waals surface area contributed by atoms with Crippen molar-refractivity contribution in [3.8, 4) is 0 Å². The van der Waals surface area contributed by atoms with Crippen LogP contribution >= 0.6 is 11.6 Å². The van der Waals surface area contributed by atoms with E-state index in [4.69, 9.17) is 11.6 Å². The van der Waals surface area contributed by atoms with Gasteiger partial charge in [-0.05, 0) is 0 Å². The van der Waals surface area contributed by atoms with Crippen LogP contribution in [0.1, 0.15) is 13.8 Å². The third-order valence-electron chi connectivity index (χ3n) is 0.935. The van der Waals surface area contributed by atoms with Crippen molar-refractivity contribution >= 4 is 23.5 Å². The predicted octanol–water partition coefficient (Wildman–Crippen LogP) is 0.720. The summed E-state index contributed by atoms with van der Waals surface area (Å²) in [5.74, 6) is -0.799. The zero-order valence-corrected chi connectivity index (χ0v) is 7.76. The smallest absolute Gasteiger partial charge is 0.302 e. The molecule has 0 saturated heterocycles. The molecule has 12 heavy (non-hydrogen) atoms. The predicted molar refractivity (Wildman–Crippen MR) is 42.9 cm³/mol. The second kappa shape index (κ2) is 5.83. The van der Waals surface area contributed by atoms with Crippen LogP contribution in [-0.4, -0.2) is 30.5 Å². The standard InChI is InChI=1S/C7H11ClO4/c1-5(9)11-3-7(8)4-12-6(2)10/h7H,3-4H2,1-2H3. The van der Waals surface area contributed by atoms with Gasteiger partial charge in [-0.25, -0.2) is 0 Å². The van der Waals surface area contributed by atoms with Crippen LogP contribution < -0.4 is 0 Å². The van der Waals surface area contributed by atoms with Crippen LogP contribution in [0, 0.1) is 0 Å². The number of hydrogen-bond donors (Lipinski definition) is 0. The molecular formula is C7H11ClO4. The Morgan fingerprint density at radius 2 is 1.50 bits per heavy atom. The van der Waals surface area contributed by atoms with Gasteiger partial charge >= 0.3 is 11.9 Å². The molecule has 5 heteroatoms. The highest BCUT2D eigenvalue weighted by molar-refractivity contribution is 6.20. The van der Waals surface area contributed by atoms with Crippen molar-refractivity contribution in [3.05, 3.63) is 0 Å². The number of ether oxygens (including phenoxy) is 2. The van der Waals surface area contributed by atoms with Gasteiger partial charge in [0.2, 0.25) is 0 Å². The van der Waals surface area contributed by atoms with Crippen LogP contribution in [0.4, 0.5) is 0 Å². The Hall–Kier alpha value is -0.770. The van der Waals surface area contributed by atoms with E-state index in [9.17, 15) is 9.59 Å². The summed E-state index contributed by atoms with van der Waals surface area (Å²) >= 11 is 5.61. The largest absolute Gasteiger partial charge is 0.464 e. The van der Waals surface area contributed by atoms with E-state index in [0.29, 0.717) is 0 Å². The molecule has 70 valence electrons. The second-order valence-electron chi connectivity index (χ2n) is 2.20. The molecule has 0 atom stereocenters. The fourth-order valence-corrected chi connectivity index (χ4v) is 0.590. The number of esters is 2. The fraction of sp³-hybridized carbons (Fsp3) is 0.714. The topological polar surface area (TPSA) is 52.6 Å². The van der Waals surface area contributed by atoms with E-state index in [2.05, 4.69) is 9.47 Å². The Morgan fingerprint density at radius 3 is 1.75 bits per heavy atom. The molecule has 0 aromatic carbocycles. The van der Waals surface area contributed by atoms with E-state index < -0.39 is 17.3 Å². The first-order valence-electron chi connectivity index (χ1n) is 3.43. The van der Waals surface area contributed by atoms with E-state index in [1.54, 1.807) is 0 Å². The minimum absolute atomic E-state index is 0.0597. The lowest BCUT2D eigenvalue weighted by Crippen LogP contribution is -2.19. The van der Waals surface area contributed by atoms with E-state index in [0.717, 1.165) is 0 Å². The van der Waals surface area contributed by atoms with Crippen molar-refractivity contribution in [1.82, 2.24) is 0 Å². The van der Waals surface area contributed by atoms with Gasteiger partial charge in [-0.3, -0.25) is 9.59 Å². The third kappa shape index (κ3) is 7.34. The lowest BCUT2D eigenvalue weighted by Gasteiger charge is -2.08. The van der Waals surface area contributed by atoms with Crippen LogP contribution in [0.5, 0.6) is 0 Å². The highest BCUT2D eigenvalue weighted by Gasteiger charge is 2.07. The molecule has 0 amide bonds. The van der Waals surface area contributed by atoms with Crippen molar-refractivity contribution in [2.24, 2.45) is 0 Å². The summed E-state index contributed by atoms with van der Waals surface area (Å²) in [5, 5.41) is -0.474. The van der Waals surface area contributed by atoms with Gasteiger partial charge in [0.05, 0.1) is 0 Å². The van der Waals surface area contributed by atoms with Gasteiger partial charge in [-0.2, -0.15) is 0 Å². The molecule has 0 rings (SSSR count). The average Bonchev–Trinajstić information content (AvgIpc) is 1.96. The first kappa shape index (κ1) is 11.2. The van der Waals surface area contributed by atoms with Gasteiger partial charge in [-0.15, -0.1) is 11.6 Å². The van der Waals surface area contributed by atoms with Crippen molar-refractivity contribution in [2.75, 3.05) is 13.2 Å². The summed E-state index contributed by atoms with van der Waals surface area (Å²) < 4.78 is 9.15. The summed E-state index contributed by atoms with van der Waals surface area (Å²) in [6.45, 7) is 2.69. The van der Waals surface area contributed by atoms with Crippen LogP contribution in [-0.2, 0) is 19.1 Å². The van der Waals surface area contributed by atoms with E-state index in [-0.39, 0.29) is 13.2 Å². The first-order valence-corrected chi connectivity index (χ1v) is 3.86. The summed E-state index contributed by atoms with van der Waals surface area (Å²) in [6, 6.07) is 0. The molecule has 0 saturated carbocycles. The molecule has 0 aromatic heterocycles. The van der Waals surface area contributed by atoms with Gasteiger partial charge in [0, 0.05) is 13.8 Å². The quantitative estimate of drug-likeness (QED) is 0.489. The summed E-state index contributed by atoms with van der Waals surface area (Å²) in [4.78, 5) is 20.6. The molecule has 4 nitrogen and oxygen atoms in total. The normalized spacial score (nSPS) is 9.67. The van der Waals surface area contributed by atoms with E-state index in [1.165, 1.54) is 13.8 Å². The number of alkyl halides is 1. The van der Waals surface area contributed by atoms with Gasteiger partial charge in [0.1, 0.15) is 18.6 Å². The zero-order valence-electron chi connectivity index (χ0n) is 7.00. The Kier molecular flexibility index (Phi) is 5.45. The maximum absolute atomic E-state index is 10.3. The number of rotatable bonds is 4. The fourth-order valence-electron chi connectivity index (χ4n) is 0.464. The highest BCUT2D eigenvalue weighted by atomic mass is 35.5. The molecular weight excluding hydrogens is 184 g/mol. The van der Waals surface area contributed by atoms with Gasteiger partial charge in [0.15, 0.2) is 0 Å².